The summed E-state index contributed by atoms with van der Waals surface area (Å²) in [5.74, 6) is 0.291. The van der Waals surface area contributed by atoms with Gasteiger partial charge in [-0.05, 0) is 19.3 Å². The number of hydrogen-bond acceptors (Lipinski definition) is 5. The highest BCUT2D eigenvalue weighted by molar-refractivity contribution is 5.80. The lowest BCUT2D eigenvalue weighted by molar-refractivity contribution is 0.0422. The molecule has 0 aromatic heterocycles. The van der Waals surface area contributed by atoms with Crippen LogP contribution in [0.25, 0.3) is 0 Å². The van der Waals surface area contributed by atoms with E-state index in [1.165, 1.54) is 0 Å². The number of oxime groups is 1. The molecule has 0 aromatic carbocycles. The monoisotopic (exact) mass is 260 g/mol. The van der Waals surface area contributed by atoms with Gasteiger partial charge in [-0.2, -0.15) is 0 Å². The van der Waals surface area contributed by atoms with Gasteiger partial charge in [0.2, 0.25) is 0 Å². The molecule has 0 aliphatic heterocycles. The van der Waals surface area contributed by atoms with Crippen LogP contribution in [0, 0.1) is 5.41 Å². The van der Waals surface area contributed by atoms with Crippen LogP contribution in [0.3, 0.4) is 0 Å². The molecule has 106 valence electrons. The van der Waals surface area contributed by atoms with Gasteiger partial charge in [-0.15, -0.1) is 0 Å². The lowest BCUT2D eigenvalue weighted by Gasteiger charge is -2.14. The molecule has 1 saturated carbocycles. The van der Waals surface area contributed by atoms with Crippen molar-refractivity contribution in [3.63, 3.8) is 0 Å². The van der Waals surface area contributed by atoms with E-state index >= 15 is 0 Å². The Morgan fingerprint density at radius 3 is 2.56 bits per heavy atom. The van der Waals surface area contributed by atoms with Crippen molar-refractivity contribution in [1.82, 2.24) is 0 Å². The molecule has 1 rings (SSSR count). The molecular weight excluding hydrogens is 236 g/mol. The van der Waals surface area contributed by atoms with Gasteiger partial charge in [-0.3, -0.25) is 0 Å². The molecule has 6 nitrogen and oxygen atoms in total. The largest absolute Gasteiger partial charge is 0.409 e. The Kier molecular flexibility index (Phi) is 7.00. The van der Waals surface area contributed by atoms with Crippen molar-refractivity contribution < 1.29 is 19.4 Å². The second-order valence-corrected chi connectivity index (χ2v) is 4.78. The van der Waals surface area contributed by atoms with Crippen LogP contribution in [-0.4, -0.2) is 51.2 Å². The summed E-state index contributed by atoms with van der Waals surface area (Å²) in [5, 5.41) is 11.5. The summed E-state index contributed by atoms with van der Waals surface area (Å²) in [6.45, 7) is 3.32. The Morgan fingerprint density at radius 1 is 1.22 bits per heavy atom. The van der Waals surface area contributed by atoms with Crippen LogP contribution < -0.4 is 5.73 Å². The fourth-order valence-corrected chi connectivity index (χ4v) is 1.76. The number of ether oxygens (including phenoxy) is 3. The first-order chi connectivity index (χ1) is 8.72. The van der Waals surface area contributed by atoms with Crippen LogP contribution in [0.2, 0.25) is 0 Å². The highest BCUT2D eigenvalue weighted by Gasteiger charge is 2.43. The average Bonchev–Trinajstić information content (AvgIpc) is 3.12. The normalized spacial score (nSPS) is 17.9. The lowest BCUT2D eigenvalue weighted by atomic mass is 10.0. The molecule has 0 saturated heterocycles. The first-order valence-corrected chi connectivity index (χ1v) is 6.33. The number of nitrogens with two attached hydrogens (primary N) is 1. The smallest absolute Gasteiger partial charge is 0.139 e. The van der Waals surface area contributed by atoms with E-state index in [4.69, 9.17) is 25.2 Å². The number of amidine groups is 1. The third-order valence-electron chi connectivity index (χ3n) is 3.06. The first-order valence-electron chi connectivity index (χ1n) is 6.33. The molecule has 1 aliphatic carbocycles. The molecule has 0 heterocycles. The van der Waals surface area contributed by atoms with E-state index in [1.54, 1.807) is 7.11 Å². The number of methoxy groups -OCH3 is 1. The second-order valence-electron chi connectivity index (χ2n) is 4.78. The summed E-state index contributed by atoms with van der Waals surface area (Å²) in [6.07, 6.45) is 3.68. The zero-order chi connectivity index (χ0) is 13.3. The van der Waals surface area contributed by atoms with Crippen LogP contribution in [-0.2, 0) is 14.2 Å². The van der Waals surface area contributed by atoms with Gasteiger partial charge in [-0.25, -0.2) is 0 Å². The number of rotatable bonds is 11. The fraction of sp³-hybridized carbons (Fsp3) is 0.917. The van der Waals surface area contributed by atoms with Crippen LogP contribution in [0.15, 0.2) is 5.16 Å². The summed E-state index contributed by atoms with van der Waals surface area (Å²) in [4.78, 5) is 0. The van der Waals surface area contributed by atoms with Crippen LogP contribution in [0.5, 0.6) is 0 Å². The predicted molar refractivity (Wildman–Crippen MR) is 67.8 cm³/mol. The van der Waals surface area contributed by atoms with E-state index in [0.717, 1.165) is 19.3 Å². The Labute approximate surface area is 108 Å². The van der Waals surface area contributed by atoms with Crippen molar-refractivity contribution in [2.45, 2.75) is 25.7 Å². The molecule has 0 spiro atoms. The Bertz CT molecular complexity index is 254. The SMILES string of the molecule is COCCOCCCOCC1(CC(N)=NO)CC1. The van der Waals surface area contributed by atoms with Crippen LogP contribution in [0.4, 0.5) is 0 Å². The molecular formula is C12H24N2O4. The molecule has 0 aromatic rings. The Balaban J connectivity index is 1.95. The van der Waals surface area contributed by atoms with E-state index in [9.17, 15) is 0 Å². The van der Waals surface area contributed by atoms with Crippen molar-refractivity contribution in [3.8, 4) is 0 Å². The van der Waals surface area contributed by atoms with Crippen LogP contribution >= 0.6 is 0 Å². The summed E-state index contributed by atoms with van der Waals surface area (Å²) in [6, 6.07) is 0. The molecule has 0 amide bonds. The van der Waals surface area contributed by atoms with Crippen molar-refractivity contribution in [2.24, 2.45) is 16.3 Å². The van der Waals surface area contributed by atoms with Gasteiger partial charge in [-0.1, -0.05) is 5.16 Å². The van der Waals surface area contributed by atoms with Gasteiger partial charge >= 0.3 is 0 Å². The zero-order valence-electron chi connectivity index (χ0n) is 11.1. The molecule has 3 N–H and O–H groups in total. The molecule has 1 fully saturated rings. The molecule has 0 atom stereocenters. The molecule has 1 aliphatic rings. The summed E-state index contributed by atoms with van der Waals surface area (Å²) in [5.41, 5.74) is 5.63. The third kappa shape index (κ3) is 6.18. The van der Waals surface area contributed by atoms with Crippen LogP contribution in [0.1, 0.15) is 25.7 Å². The van der Waals surface area contributed by atoms with Gasteiger partial charge in [0.05, 0.1) is 19.8 Å². The van der Waals surface area contributed by atoms with E-state index in [-0.39, 0.29) is 5.41 Å². The maximum atomic E-state index is 8.53. The highest BCUT2D eigenvalue weighted by atomic mass is 16.5. The van der Waals surface area contributed by atoms with E-state index in [1.807, 2.05) is 0 Å². The highest BCUT2D eigenvalue weighted by Crippen LogP contribution is 2.48. The summed E-state index contributed by atoms with van der Waals surface area (Å²) < 4.78 is 15.8. The maximum Gasteiger partial charge on any atom is 0.139 e. The fourth-order valence-electron chi connectivity index (χ4n) is 1.76. The lowest BCUT2D eigenvalue weighted by Crippen LogP contribution is -2.22. The van der Waals surface area contributed by atoms with E-state index in [2.05, 4.69) is 5.16 Å². The van der Waals surface area contributed by atoms with Gasteiger partial charge < -0.3 is 25.2 Å². The minimum Gasteiger partial charge on any atom is -0.409 e. The van der Waals surface area contributed by atoms with Gasteiger partial charge in [0.15, 0.2) is 0 Å². The van der Waals surface area contributed by atoms with Gasteiger partial charge in [0, 0.05) is 32.2 Å². The van der Waals surface area contributed by atoms with E-state index in [0.29, 0.717) is 45.3 Å². The molecule has 0 radical (unpaired) electrons. The molecule has 18 heavy (non-hydrogen) atoms. The number of nitrogens with zero attached hydrogens (tertiary/aromatic N) is 1. The zero-order valence-corrected chi connectivity index (χ0v) is 11.1. The average molecular weight is 260 g/mol. The first kappa shape index (κ1) is 15.2. The summed E-state index contributed by atoms with van der Waals surface area (Å²) >= 11 is 0. The minimum atomic E-state index is 0.118. The summed E-state index contributed by atoms with van der Waals surface area (Å²) in [7, 11) is 1.66. The molecule has 6 heteroatoms. The van der Waals surface area contributed by atoms with E-state index < -0.39 is 0 Å². The van der Waals surface area contributed by atoms with Gasteiger partial charge in [0.1, 0.15) is 5.84 Å². The van der Waals surface area contributed by atoms with Crippen molar-refractivity contribution in [2.75, 3.05) is 40.1 Å². The quantitative estimate of drug-likeness (QED) is 0.190. The minimum absolute atomic E-state index is 0.118. The Morgan fingerprint density at radius 2 is 1.94 bits per heavy atom. The molecule has 0 unspecified atom stereocenters. The van der Waals surface area contributed by atoms with Gasteiger partial charge in [0.25, 0.3) is 0 Å². The van der Waals surface area contributed by atoms with Crippen molar-refractivity contribution in [1.29, 1.82) is 0 Å². The Hall–Kier alpha value is -0.850. The maximum absolute atomic E-state index is 8.53. The second kappa shape index (κ2) is 8.29. The standard InChI is InChI=1S/C12H24N2O4/c1-16-7-8-17-5-2-6-18-10-12(3-4-12)9-11(13)14-15/h15H,2-10H2,1H3,(H2,13,14). The number of hydrogen-bond donors (Lipinski definition) is 2. The topological polar surface area (TPSA) is 86.3 Å². The van der Waals surface area contributed by atoms with Crippen molar-refractivity contribution >= 4 is 5.84 Å². The molecule has 0 bridgehead atoms. The van der Waals surface area contributed by atoms with Crippen molar-refractivity contribution in [3.05, 3.63) is 0 Å². The third-order valence-corrected chi connectivity index (χ3v) is 3.06. The predicted octanol–water partition coefficient (Wildman–Crippen LogP) is 0.973.